The van der Waals surface area contributed by atoms with Gasteiger partial charge < -0.3 is 4.90 Å². The minimum Gasteiger partial charge on any atom is -0.340 e. The number of carbonyl (C=O) groups is 1. The van der Waals surface area contributed by atoms with Crippen LogP contribution in [0, 0.1) is 37.9 Å². The topological polar surface area (TPSA) is 108 Å². The number of rotatable bonds is 6. The second-order valence-corrected chi connectivity index (χ2v) is 9.34. The van der Waals surface area contributed by atoms with Gasteiger partial charge in [0.1, 0.15) is 5.82 Å². The highest BCUT2D eigenvalue weighted by Gasteiger charge is 2.23. The molecule has 3 aromatic heterocycles. The Morgan fingerprint density at radius 1 is 1.05 bits per heavy atom. The van der Waals surface area contributed by atoms with Crippen molar-refractivity contribution in [2.24, 2.45) is 0 Å². The molecule has 1 fully saturated rings. The summed E-state index contributed by atoms with van der Waals surface area (Å²) in [5.74, 6) is 1.11. The summed E-state index contributed by atoms with van der Waals surface area (Å²) in [5.41, 5.74) is 4.44. The Balaban J connectivity index is 1.18. The van der Waals surface area contributed by atoms with E-state index in [0.29, 0.717) is 74.0 Å². The molecule has 0 spiro atoms. The van der Waals surface area contributed by atoms with Crippen molar-refractivity contribution in [3.8, 4) is 11.9 Å². The molecule has 0 N–H and O–H groups in total. The first-order chi connectivity index (χ1) is 17.8. The highest BCUT2D eigenvalue weighted by atomic mass is 19.1. The number of hydrogen-bond acceptors (Lipinski definition) is 7. The Morgan fingerprint density at radius 2 is 1.84 bits per heavy atom. The summed E-state index contributed by atoms with van der Waals surface area (Å²) in [4.78, 5) is 17.0. The molecule has 4 heterocycles. The fourth-order valence-electron chi connectivity index (χ4n) is 4.79. The summed E-state index contributed by atoms with van der Waals surface area (Å²) in [6.07, 6.45) is 0.996. The highest BCUT2D eigenvalue weighted by Crippen LogP contribution is 2.20. The molecule has 5 rings (SSSR count). The van der Waals surface area contributed by atoms with E-state index in [4.69, 9.17) is 5.26 Å². The van der Waals surface area contributed by atoms with Gasteiger partial charge in [-0.15, -0.1) is 15.3 Å². The summed E-state index contributed by atoms with van der Waals surface area (Å²) in [5, 5.41) is 26.3. The Labute approximate surface area is 213 Å². The molecule has 11 heteroatoms. The fraction of sp³-hybridized carbons (Fsp3) is 0.385. The number of nitriles is 1. The maximum Gasteiger partial charge on any atom is 0.222 e. The molecule has 190 valence electrons. The Hall–Kier alpha value is -4.17. The number of fused-ring (bicyclic) bond motifs is 1. The maximum absolute atomic E-state index is 14.2. The number of halogens is 1. The standard InChI is InChI=1S/C26H28FN9O/c1-17-22(18(2)35(31-17)25-8-7-24-30-29-19(3)36(24)32-25)6-9-26(37)34-12-10-33(11-13-34)16-21-5-4-20(15-28)14-23(21)27/h4-5,7-8,14H,6,9-13,16H2,1-3H3. The minimum atomic E-state index is -0.365. The highest BCUT2D eigenvalue weighted by molar-refractivity contribution is 5.76. The third-order valence-electron chi connectivity index (χ3n) is 6.95. The second kappa shape index (κ2) is 10.1. The van der Waals surface area contributed by atoms with Gasteiger partial charge in [0.2, 0.25) is 5.91 Å². The number of benzene rings is 1. The molecular formula is C26H28FN9O. The molecule has 0 bridgehead atoms. The van der Waals surface area contributed by atoms with Gasteiger partial charge in [0.25, 0.3) is 0 Å². The number of hydrogen-bond donors (Lipinski definition) is 0. The van der Waals surface area contributed by atoms with Gasteiger partial charge in [0, 0.05) is 50.4 Å². The van der Waals surface area contributed by atoms with Crippen molar-refractivity contribution in [3.05, 3.63) is 70.1 Å². The van der Waals surface area contributed by atoms with Gasteiger partial charge >= 0.3 is 0 Å². The molecule has 0 radical (unpaired) electrons. The molecule has 0 atom stereocenters. The van der Waals surface area contributed by atoms with Crippen molar-refractivity contribution >= 4 is 11.6 Å². The van der Waals surface area contributed by atoms with E-state index in [2.05, 4.69) is 25.3 Å². The lowest BCUT2D eigenvalue weighted by atomic mass is 10.1. The van der Waals surface area contributed by atoms with Gasteiger partial charge in [-0.05, 0) is 57.0 Å². The van der Waals surface area contributed by atoms with Crippen LogP contribution in [0.2, 0.25) is 0 Å². The van der Waals surface area contributed by atoms with E-state index in [-0.39, 0.29) is 11.7 Å². The average molecular weight is 502 g/mol. The second-order valence-electron chi connectivity index (χ2n) is 9.34. The SMILES string of the molecule is Cc1nn(-c2ccc3nnc(C)n3n2)c(C)c1CCC(=O)N1CCN(Cc2ccc(C#N)cc2F)CC1. The van der Waals surface area contributed by atoms with Gasteiger partial charge in [0.05, 0.1) is 17.3 Å². The van der Waals surface area contributed by atoms with Crippen LogP contribution in [0.15, 0.2) is 30.3 Å². The molecule has 1 saturated heterocycles. The molecule has 1 aliphatic rings. The first-order valence-corrected chi connectivity index (χ1v) is 12.3. The summed E-state index contributed by atoms with van der Waals surface area (Å²) in [6, 6.07) is 10.2. The number of piperazine rings is 1. The van der Waals surface area contributed by atoms with E-state index >= 15 is 0 Å². The van der Waals surface area contributed by atoms with Crippen LogP contribution in [0.25, 0.3) is 11.5 Å². The number of aromatic nitrogens is 6. The molecule has 1 aromatic carbocycles. The first kappa shape index (κ1) is 24.5. The Bertz CT molecular complexity index is 1510. The Kier molecular flexibility index (Phi) is 6.67. The van der Waals surface area contributed by atoms with Crippen molar-refractivity contribution in [2.75, 3.05) is 26.2 Å². The molecule has 0 unspecified atom stereocenters. The van der Waals surface area contributed by atoms with Crippen LogP contribution >= 0.6 is 0 Å². The van der Waals surface area contributed by atoms with Crippen LogP contribution in [0.3, 0.4) is 0 Å². The number of nitrogens with zero attached hydrogens (tertiary/aromatic N) is 9. The lowest BCUT2D eigenvalue weighted by molar-refractivity contribution is -0.133. The number of carbonyl (C=O) groups excluding carboxylic acids is 1. The first-order valence-electron chi connectivity index (χ1n) is 12.3. The van der Waals surface area contributed by atoms with Crippen LogP contribution < -0.4 is 0 Å². The van der Waals surface area contributed by atoms with Crippen LogP contribution in [-0.4, -0.2) is 71.5 Å². The van der Waals surface area contributed by atoms with Crippen molar-refractivity contribution in [3.63, 3.8) is 0 Å². The van der Waals surface area contributed by atoms with E-state index < -0.39 is 0 Å². The quantitative estimate of drug-likeness (QED) is 0.399. The van der Waals surface area contributed by atoms with E-state index in [1.54, 1.807) is 21.3 Å². The van der Waals surface area contributed by atoms with Gasteiger partial charge in [0.15, 0.2) is 17.3 Å². The van der Waals surface area contributed by atoms with Crippen molar-refractivity contribution in [1.29, 1.82) is 5.26 Å². The third-order valence-corrected chi connectivity index (χ3v) is 6.95. The lowest BCUT2D eigenvalue weighted by Gasteiger charge is -2.35. The zero-order chi connectivity index (χ0) is 26.1. The summed E-state index contributed by atoms with van der Waals surface area (Å²) in [7, 11) is 0. The zero-order valence-electron chi connectivity index (χ0n) is 21.1. The molecule has 4 aromatic rings. The van der Waals surface area contributed by atoms with Gasteiger partial charge in [-0.3, -0.25) is 9.69 Å². The third kappa shape index (κ3) is 4.93. The van der Waals surface area contributed by atoms with Crippen molar-refractivity contribution in [1.82, 2.24) is 39.4 Å². The van der Waals surface area contributed by atoms with Crippen LogP contribution in [0.5, 0.6) is 0 Å². The minimum absolute atomic E-state index is 0.107. The Morgan fingerprint density at radius 3 is 2.57 bits per heavy atom. The largest absolute Gasteiger partial charge is 0.340 e. The van der Waals surface area contributed by atoms with E-state index in [1.807, 2.05) is 43.9 Å². The van der Waals surface area contributed by atoms with Crippen molar-refractivity contribution in [2.45, 2.75) is 40.2 Å². The summed E-state index contributed by atoms with van der Waals surface area (Å²) < 4.78 is 17.7. The fourth-order valence-corrected chi connectivity index (χ4v) is 4.79. The molecular weight excluding hydrogens is 473 g/mol. The maximum atomic E-state index is 14.2. The van der Waals surface area contributed by atoms with Crippen molar-refractivity contribution < 1.29 is 9.18 Å². The number of aryl methyl sites for hydroxylation is 2. The van der Waals surface area contributed by atoms with Gasteiger partial charge in [-0.25, -0.2) is 9.07 Å². The lowest BCUT2D eigenvalue weighted by Crippen LogP contribution is -2.48. The van der Waals surface area contributed by atoms with Crippen LogP contribution in [0.4, 0.5) is 4.39 Å². The average Bonchev–Trinajstić information content (AvgIpc) is 3.42. The van der Waals surface area contributed by atoms with Crippen LogP contribution in [-0.2, 0) is 17.8 Å². The predicted molar refractivity (Wildman–Crippen MR) is 133 cm³/mol. The molecule has 37 heavy (non-hydrogen) atoms. The molecule has 1 amide bonds. The molecule has 1 aliphatic heterocycles. The van der Waals surface area contributed by atoms with E-state index in [9.17, 15) is 9.18 Å². The summed E-state index contributed by atoms with van der Waals surface area (Å²) in [6.45, 7) is 8.83. The van der Waals surface area contributed by atoms with E-state index in [0.717, 1.165) is 17.0 Å². The normalized spacial score (nSPS) is 14.3. The van der Waals surface area contributed by atoms with Crippen LogP contribution in [0.1, 0.15) is 40.3 Å². The number of amides is 1. The van der Waals surface area contributed by atoms with Gasteiger partial charge in [-0.2, -0.15) is 14.9 Å². The predicted octanol–water partition coefficient (Wildman–Crippen LogP) is 2.52. The monoisotopic (exact) mass is 501 g/mol. The molecule has 0 saturated carbocycles. The molecule has 0 aliphatic carbocycles. The summed E-state index contributed by atoms with van der Waals surface area (Å²) >= 11 is 0. The van der Waals surface area contributed by atoms with E-state index in [1.165, 1.54) is 6.07 Å². The smallest absolute Gasteiger partial charge is 0.222 e. The molecule has 10 nitrogen and oxygen atoms in total. The zero-order valence-corrected chi connectivity index (χ0v) is 21.1. The van der Waals surface area contributed by atoms with Gasteiger partial charge in [-0.1, -0.05) is 6.07 Å².